The first-order valence-electron chi connectivity index (χ1n) is 7.13. The molecule has 1 aliphatic heterocycles. The van der Waals surface area contributed by atoms with E-state index in [1.54, 1.807) is 19.1 Å². The molecular weight excluding hydrogens is 274 g/mol. The Morgan fingerprint density at radius 3 is 2.75 bits per heavy atom. The van der Waals surface area contributed by atoms with Crippen LogP contribution in [0.4, 0.5) is 8.78 Å². The van der Waals surface area contributed by atoms with E-state index in [1.165, 1.54) is 5.57 Å². The second-order valence-corrected chi connectivity index (χ2v) is 6.52. The highest BCUT2D eigenvalue weighted by Crippen LogP contribution is 2.23. The van der Waals surface area contributed by atoms with Gasteiger partial charge in [0.2, 0.25) is 0 Å². The van der Waals surface area contributed by atoms with Crippen LogP contribution >= 0.6 is 0 Å². The van der Waals surface area contributed by atoms with Crippen molar-refractivity contribution in [2.75, 3.05) is 0 Å². The topological polar surface area (TPSA) is 9.23 Å². The van der Waals surface area contributed by atoms with Crippen LogP contribution in [0.15, 0.2) is 24.0 Å². The van der Waals surface area contributed by atoms with E-state index in [4.69, 9.17) is 4.74 Å². The summed E-state index contributed by atoms with van der Waals surface area (Å²) in [5, 5.41) is 0.477. The molecule has 1 aromatic carbocycles. The van der Waals surface area contributed by atoms with Gasteiger partial charge in [-0.05, 0) is 48.6 Å². The van der Waals surface area contributed by atoms with Crippen LogP contribution in [0.5, 0.6) is 0 Å². The van der Waals surface area contributed by atoms with Crippen molar-refractivity contribution in [3.8, 4) is 0 Å². The van der Waals surface area contributed by atoms with Crippen LogP contribution in [-0.4, -0.2) is 15.6 Å². The van der Waals surface area contributed by atoms with Crippen molar-refractivity contribution in [2.24, 2.45) is 0 Å². The number of halogens is 2. The molecule has 0 fully saturated rings. The van der Waals surface area contributed by atoms with E-state index in [-0.39, 0.29) is 9.52 Å². The van der Waals surface area contributed by atoms with Gasteiger partial charge in [-0.1, -0.05) is 25.5 Å². The lowest BCUT2D eigenvalue weighted by molar-refractivity contribution is 0.111. The molecule has 4 heteroatoms. The average Bonchev–Trinajstić information content (AvgIpc) is 2.46. The summed E-state index contributed by atoms with van der Waals surface area (Å²) in [4.78, 5) is 0. The van der Waals surface area contributed by atoms with Gasteiger partial charge in [0, 0.05) is 0 Å². The summed E-state index contributed by atoms with van der Waals surface area (Å²) in [5.41, 5.74) is 1.56. The minimum Gasteiger partial charge on any atom is -0.498 e. The Hall–Kier alpha value is -1.16. The van der Waals surface area contributed by atoms with Crippen LogP contribution in [0.2, 0.25) is 6.04 Å². The lowest BCUT2D eigenvalue weighted by Crippen LogP contribution is -2.22. The number of ether oxygens (including phenoxy) is 1. The quantitative estimate of drug-likeness (QED) is 0.749. The zero-order chi connectivity index (χ0) is 14.5. The molecule has 1 nitrogen and oxygen atoms in total. The maximum atomic E-state index is 13.8. The van der Waals surface area contributed by atoms with E-state index in [2.05, 4.69) is 6.92 Å². The molecule has 1 aliphatic rings. The van der Waals surface area contributed by atoms with Crippen molar-refractivity contribution in [1.29, 1.82) is 0 Å². The first-order chi connectivity index (χ1) is 9.61. The number of aryl methyl sites for hydroxylation is 1. The van der Waals surface area contributed by atoms with Gasteiger partial charge in [-0.25, -0.2) is 8.78 Å². The van der Waals surface area contributed by atoms with Crippen molar-refractivity contribution in [1.82, 2.24) is 0 Å². The molecule has 1 unspecified atom stereocenters. The highest BCUT2D eigenvalue weighted by Gasteiger charge is 2.16. The van der Waals surface area contributed by atoms with Crippen LogP contribution in [-0.2, 0) is 4.74 Å². The van der Waals surface area contributed by atoms with Crippen molar-refractivity contribution in [3.05, 3.63) is 41.2 Å². The molecule has 1 heterocycles. The molecule has 1 atom stereocenters. The zero-order valence-corrected chi connectivity index (χ0v) is 13.0. The first-order valence-corrected chi connectivity index (χ1v) is 8.34. The predicted molar refractivity (Wildman–Crippen MR) is 78.4 cm³/mol. The van der Waals surface area contributed by atoms with Gasteiger partial charge < -0.3 is 4.74 Å². The third-order valence-corrected chi connectivity index (χ3v) is 5.00. The van der Waals surface area contributed by atoms with Crippen molar-refractivity contribution in [3.63, 3.8) is 0 Å². The molecule has 0 saturated carbocycles. The summed E-state index contributed by atoms with van der Waals surface area (Å²) in [7, 11) is 0.257. The minimum atomic E-state index is -0.716. The molecule has 1 aromatic rings. The van der Waals surface area contributed by atoms with E-state index in [9.17, 15) is 8.78 Å². The molecule has 2 radical (unpaired) electrons. The fourth-order valence-electron chi connectivity index (χ4n) is 2.32. The van der Waals surface area contributed by atoms with Gasteiger partial charge in [-0.2, -0.15) is 0 Å². The second-order valence-electron chi connectivity index (χ2n) is 5.27. The van der Waals surface area contributed by atoms with Gasteiger partial charge in [0.15, 0.2) is 11.6 Å². The maximum absolute atomic E-state index is 13.8. The van der Waals surface area contributed by atoms with Crippen LogP contribution in [0, 0.1) is 18.6 Å². The number of allylic oxidation sites excluding steroid dienone is 1. The Kier molecular flexibility index (Phi) is 5.35. The molecule has 0 aromatic heterocycles. The van der Waals surface area contributed by atoms with Gasteiger partial charge in [0.1, 0.15) is 0 Å². The van der Waals surface area contributed by atoms with Crippen LogP contribution in [0.1, 0.15) is 38.2 Å². The Labute approximate surface area is 121 Å². The summed E-state index contributed by atoms with van der Waals surface area (Å²) < 4.78 is 32.9. The maximum Gasteiger partial charge on any atom is 0.161 e. The molecule has 0 spiro atoms. The second kappa shape index (κ2) is 7.02. The Morgan fingerprint density at radius 2 is 2.10 bits per heavy atom. The molecule has 0 amide bonds. The first kappa shape index (κ1) is 15.2. The molecule has 0 N–H and O–H groups in total. The summed E-state index contributed by atoms with van der Waals surface area (Å²) in [5.74, 6) is -1.41. The van der Waals surface area contributed by atoms with E-state index in [0.717, 1.165) is 31.7 Å². The zero-order valence-electron chi connectivity index (χ0n) is 12.0. The molecule has 0 bridgehead atoms. The van der Waals surface area contributed by atoms with Crippen LogP contribution in [0.3, 0.4) is 0 Å². The third-order valence-electron chi connectivity index (χ3n) is 3.61. The van der Waals surface area contributed by atoms with Gasteiger partial charge in [0.25, 0.3) is 0 Å². The monoisotopic (exact) mass is 294 g/mol. The SMILES string of the molecule is CCCC1CCC(C[Si]c2ccc(C)c(F)c2F)=CO1. The minimum absolute atomic E-state index is 0.257. The number of hydrogen-bond donors (Lipinski definition) is 0. The van der Waals surface area contributed by atoms with Gasteiger partial charge in [0.05, 0.1) is 21.9 Å². The van der Waals surface area contributed by atoms with Gasteiger partial charge in [-0.15, -0.1) is 0 Å². The van der Waals surface area contributed by atoms with E-state index < -0.39 is 11.6 Å². The van der Waals surface area contributed by atoms with Crippen molar-refractivity contribution in [2.45, 2.75) is 51.7 Å². The molecular formula is C16H20F2OSi. The summed E-state index contributed by atoms with van der Waals surface area (Å²) in [6.07, 6.45) is 6.43. The Morgan fingerprint density at radius 1 is 1.30 bits per heavy atom. The third kappa shape index (κ3) is 3.69. The van der Waals surface area contributed by atoms with E-state index in [1.807, 2.05) is 6.26 Å². The fraction of sp³-hybridized carbons (Fsp3) is 0.500. The summed E-state index contributed by atoms with van der Waals surface area (Å²) in [6.45, 7) is 3.73. The standard InChI is InChI=1S/C16H20F2OSi/c1-3-4-13-7-6-12(9-19-13)10-20-14-8-5-11(2)15(17)16(14)18/h5,8-9,13H,3-4,6-7,10H2,1-2H3. The van der Waals surface area contributed by atoms with E-state index >= 15 is 0 Å². The van der Waals surface area contributed by atoms with Crippen LogP contribution < -0.4 is 5.19 Å². The number of rotatable bonds is 5. The van der Waals surface area contributed by atoms with Gasteiger partial charge >= 0.3 is 0 Å². The number of benzene rings is 1. The summed E-state index contributed by atoms with van der Waals surface area (Å²) >= 11 is 0. The summed E-state index contributed by atoms with van der Waals surface area (Å²) in [6, 6.07) is 4.10. The normalized spacial score (nSPS) is 18.6. The predicted octanol–water partition coefficient (Wildman–Crippen LogP) is 3.88. The van der Waals surface area contributed by atoms with Crippen molar-refractivity contribution >= 4 is 14.7 Å². The molecule has 2 rings (SSSR count). The van der Waals surface area contributed by atoms with E-state index in [0.29, 0.717) is 16.9 Å². The largest absolute Gasteiger partial charge is 0.498 e. The lowest BCUT2D eigenvalue weighted by atomic mass is 10.0. The molecule has 0 saturated heterocycles. The fourth-order valence-corrected chi connectivity index (χ4v) is 3.47. The van der Waals surface area contributed by atoms with Crippen molar-refractivity contribution < 1.29 is 13.5 Å². The van der Waals surface area contributed by atoms with Gasteiger partial charge in [-0.3, -0.25) is 0 Å². The highest BCUT2D eigenvalue weighted by molar-refractivity contribution is 6.54. The smallest absolute Gasteiger partial charge is 0.161 e. The number of hydrogen-bond acceptors (Lipinski definition) is 1. The molecule has 0 aliphatic carbocycles. The Bertz CT molecular complexity index is 499. The average molecular weight is 294 g/mol. The highest BCUT2D eigenvalue weighted by atomic mass is 28.2. The molecule has 20 heavy (non-hydrogen) atoms. The lowest BCUT2D eigenvalue weighted by Gasteiger charge is -2.22. The molecule has 108 valence electrons. The van der Waals surface area contributed by atoms with Crippen LogP contribution in [0.25, 0.3) is 0 Å². The Balaban J connectivity index is 1.92.